The fraction of sp³-hybridized carbons (Fsp3) is 0.571. The normalized spacial score (nSPS) is 24.1. The van der Waals surface area contributed by atoms with E-state index in [2.05, 4.69) is 11.9 Å². The highest BCUT2D eigenvalue weighted by Crippen LogP contribution is 2.16. The van der Waals surface area contributed by atoms with E-state index in [1.807, 2.05) is 24.0 Å². The minimum atomic E-state index is 0.104. The quantitative estimate of drug-likeness (QED) is 0.852. The van der Waals surface area contributed by atoms with Gasteiger partial charge in [0.05, 0.1) is 12.1 Å². The predicted octanol–water partition coefficient (Wildman–Crippen LogP) is 1.13. The maximum absolute atomic E-state index is 12.2. The molecule has 2 N–H and O–H groups in total. The Labute approximate surface area is 108 Å². The van der Waals surface area contributed by atoms with E-state index in [4.69, 9.17) is 5.73 Å². The highest BCUT2D eigenvalue weighted by molar-refractivity contribution is 5.78. The van der Waals surface area contributed by atoms with Crippen molar-refractivity contribution in [3.05, 3.63) is 29.6 Å². The third-order valence-corrected chi connectivity index (χ3v) is 3.81. The summed E-state index contributed by atoms with van der Waals surface area (Å²) >= 11 is 0. The summed E-state index contributed by atoms with van der Waals surface area (Å²) in [5.74, 6) is 0.643. The van der Waals surface area contributed by atoms with Gasteiger partial charge in [0.2, 0.25) is 5.91 Å². The largest absolute Gasteiger partial charge is 0.341 e. The van der Waals surface area contributed by atoms with Gasteiger partial charge in [0.1, 0.15) is 0 Å². The summed E-state index contributed by atoms with van der Waals surface area (Å²) in [6.07, 6.45) is 3.11. The number of rotatable bonds is 2. The average molecular weight is 247 g/mol. The number of amides is 1. The maximum atomic E-state index is 12.2. The molecule has 1 aliphatic rings. The maximum Gasteiger partial charge on any atom is 0.228 e. The second kappa shape index (κ2) is 5.48. The number of hydrogen-bond acceptors (Lipinski definition) is 3. The molecule has 1 aromatic rings. The first kappa shape index (κ1) is 13.0. The molecule has 4 nitrogen and oxygen atoms in total. The number of nitrogens with zero attached hydrogens (tertiary/aromatic N) is 2. The molecule has 1 aromatic heterocycles. The Morgan fingerprint density at radius 2 is 2.39 bits per heavy atom. The van der Waals surface area contributed by atoms with Gasteiger partial charge >= 0.3 is 0 Å². The van der Waals surface area contributed by atoms with Crippen LogP contribution in [0, 0.1) is 12.8 Å². The number of hydrogen-bond donors (Lipinski definition) is 1. The van der Waals surface area contributed by atoms with Crippen molar-refractivity contribution in [2.45, 2.75) is 32.7 Å². The number of piperidine rings is 1. The SMILES string of the molecule is Cc1cccnc1CC(=O)N1CCC(C)C(N)C1. The van der Waals surface area contributed by atoms with Crippen LogP contribution < -0.4 is 5.73 Å². The molecule has 1 saturated heterocycles. The summed E-state index contributed by atoms with van der Waals surface area (Å²) in [7, 11) is 0. The van der Waals surface area contributed by atoms with E-state index in [1.165, 1.54) is 0 Å². The molecule has 1 aliphatic heterocycles. The Bertz CT molecular complexity index is 433. The Morgan fingerprint density at radius 3 is 3.06 bits per heavy atom. The van der Waals surface area contributed by atoms with E-state index in [0.717, 1.165) is 24.2 Å². The van der Waals surface area contributed by atoms with Gasteiger partial charge in [-0.1, -0.05) is 13.0 Å². The molecule has 4 heteroatoms. The minimum Gasteiger partial charge on any atom is -0.341 e. The van der Waals surface area contributed by atoms with Crippen LogP contribution in [0.1, 0.15) is 24.6 Å². The first-order valence-corrected chi connectivity index (χ1v) is 6.51. The molecule has 2 unspecified atom stereocenters. The van der Waals surface area contributed by atoms with Crippen molar-refractivity contribution in [3.8, 4) is 0 Å². The minimum absolute atomic E-state index is 0.104. The first-order chi connectivity index (χ1) is 8.58. The van der Waals surface area contributed by atoms with Crippen molar-refractivity contribution in [2.24, 2.45) is 11.7 Å². The lowest BCUT2D eigenvalue weighted by atomic mass is 9.94. The second-order valence-corrected chi connectivity index (χ2v) is 5.21. The van der Waals surface area contributed by atoms with Gasteiger partial charge in [-0.25, -0.2) is 0 Å². The van der Waals surface area contributed by atoms with Gasteiger partial charge in [-0.3, -0.25) is 9.78 Å². The third kappa shape index (κ3) is 2.88. The van der Waals surface area contributed by atoms with Crippen molar-refractivity contribution in [3.63, 3.8) is 0 Å². The lowest BCUT2D eigenvalue weighted by molar-refractivity contribution is -0.132. The topological polar surface area (TPSA) is 59.2 Å². The van der Waals surface area contributed by atoms with E-state index in [9.17, 15) is 4.79 Å². The first-order valence-electron chi connectivity index (χ1n) is 6.51. The van der Waals surface area contributed by atoms with Crippen LogP contribution in [0.3, 0.4) is 0 Å². The summed E-state index contributed by atoms with van der Waals surface area (Å²) in [6, 6.07) is 3.98. The zero-order valence-corrected chi connectivity index (χ0v) is 11.1. The van der Waals surface area contributed by atoms with E-state index in [-0.39, 0.29) is 11.9 Å². The lowest BCUT2D eigenvalue weighted by Crippen LogP contribution is -2.50. The van der Waals surface area contributed by atoms with E-state index in [1.54, 1.807) is 6.20 Å². The fourth-order valence-corrected chi connectivity index (χ4v) is 2.28. The molecular formula is C14H21N3O. The second-order valence-electron chi connectivity index (χ2n) is 5.21. The number of nitrogens with two attached hydrogens (primary N) is 1. The van der Waals surface area contributed by atoms with Gasteiger partial charge < -0.3 is 10.6 Å². The Kier molecular flexibility index (Phi) is 3.97. The van der Waals surface area contributed by atoms with Gasteiger partial charge in [0.25, 0.3) is 0 Å². The number of carbonyl (C=O) groups excluding carboxylic acids is 1. The zero-order chi connectivity index (χ0) is 13.1. The molecule has 1 fully saturated rings. The number of likely N-dealkylation sites (tertiary alicyclic amines) is 1. The molecule has 2 rings (SSSR count). The fourth-order valence-electron chi connectivity index (χ4n) is 2.28. The van der Waals surface area contributed by atoms with Crippen LogP contribution in [0.2, 0.25) is 0 Å². The number of aromatic nitrogens is 1. The number of carbonyl (C=O) groups is 1. The molecule has 98 valence electrons. The summed E-state index contributed by atoms with van der Waals surface area (Å²) < 4.78 is 0. The van der Waals surface area contributed by atoms with Crippen molar-refractivity contribution in [1.29, 1.82) is 0 Å². The van der Waals surface area contributed by atoms with Gasteiger partial charge in [-0.15, -0.1) is 0 Å². The molecular weight excluding hydrogens is 226 g/mol. The van der Waals surface area contributed by atoms with E-state index >= 15 is 0 Å². The van der Waals surface area contributed by atoms with Crippen molar-refractivity contribution in [2.75, 3.05) is 13.1 Å². The molecule has 0 saturated carbocycles. The predicted molar refractivity (Wildman–Crippen MR) is 71.0 cm³/mol. The van der Waals surface area contributed by atoms with Crippen molar-refractivity contribution < 1.29 is 4.79 Å². The molecule has 0 bridgehead atoms. The van der Waals surface area contributed by atoms with Crippen LogP contribution in [0.15, 0.2) is 18.3 Å². The highest BCUT2D eigenvalue weighted by atomic mass is 16.2. The van der Waals surface area contributed by atoms with E-state index in [0.29, 0.717) is 18.9 Å². The molecule has 0 aromatic carbocycles. The monoisotopic (exact) mass is 247 g/mol. The summed E-state index contributed by atoms with van der Waals surface area (Å²) in [6.45, 7) is 5.63. The van der Waals surface area contributed by atoms with Crippen LogP contribution >= 0.6 is 0 Å². The molecule has 18 heavy (non-hydrogen) atoms. The molecule has 2 heterocycles. The standard InChI is InChI=1S/C14H21N3O/c1-10-5-7-17(9-12(10)15)14(18)8-13-11(2)4-3-6-16-13/h3-4,6,10,12H,5,7-9,15H2,1-2H3. The lowest BCUT2D eigenvalue weighted by Gasteiger charge is -2.35. The molecule has 0 radical (unpaired) electrons. The zero-order valence-electron chi connectivity index (χ0n) is 11.1. The third-order valence-electron chi connectivity index (χ3n) is 3.81. The van der Waals surface area contributed by atoms with Gasteiger partial charge in [-0.2, -0.15) is 0 Å². The summed E-state index contributed by atoms with van der Waals surface area (Å²) in [5.41, 5.74) is 7.96. The van der Waals surface area contributed by atoms with Crippen LogP contribution in [0.25, 0.3) is 0 Å². The molecule has 0 spiro atoms. The summed E-state index contributed by atoms with van der Waals surface area (Å²) in [4.78, 5) is 18.3. The highest BCUT2D eigenvalue weighted by Gasteiger charge is 2.26. The Morgan fingerprint density at radius 1 is 1.61 bits per heavy atom. The summed E-state index contributed by atoms with van der Waals surface area (Å²) in [5, 5.41) is 0. The average Bonchev–Trinajstić information content (AvgIpc) is 2.35. The molecule has 0 aliphatic carbocycles. The van der Waals surface area contributed by atoms with Crippen molar-refractivity contribution in [1.82, 2.24) is 9.88 Å². The molecule has 2 atom stereocenters. The van der Waals surface area contributed by atoms with Gasteiger partial charge in [0, 0.05) is 25.3 Å². The van der Waals surface area contributed by atoms with Crippen LogP contribution in [0.4, 0.5) is 0 Å². The van der Waals surface area contributed by atoms with E-state index < -0.39 is 0 Å². The van der Waals surface area contributed by atoms with Gasteiger partial charge in [-0.05, 0) is 30.9 Å². The van der Waals surface area contributed by atoms with Crippen LogP contribution in [-0.2, 0) is 11.2 Å². The van der Waals surface area contributed by atoms with Crippen molar-refractivity contribution >= 4 is 5.91 Å². The number of pyridine rings is 1. The van der Waals surface area contributed by atoms with Crippen LogP contribution in [-0.4, -0.2) is 34.9 Å². The van der Waals surface area contributed by atoms with Gasteiger partial charge in [0.15, 0.2) is 0 Å². The number of aryl methyl sites for hydroxylation is 1. The molecule has 1 amide bonds. The van der Waals surface area contributed by atoms with Crippen LogP contribution in [0.5, 0.6) is 0 Å². The Hall–Kier alpha value is -1.42. The Balaban J connectivity index is 1.99. The smallest absolute Gasteiger partial charge is 0.228 e.